The zero-order valence-corrected chi connectivity index (χ0v) is 27.1. The molecule has 2 heterocycles. The van der Waals surface area contributed by atoms with Gasteiger partial charge in [0, 0.05) is 48.8 Å². The van der Waals surface area contributed by atoms with E-state index >= 15 is 0 Å². The summed E-state index contributed by atoms with van der Waals surface area (Å²) in [6.07, 6.45) is 2.04. The van der Waals surface area contributed by atoms with Crippen molar-refractivity contribution in [2.45, 2.75) is 97.6 Å². The van der Waals surface area contributed by atoms with Crippen LogP contribution in [0.3, 0.4) is 0 Å². The normalized spacial score (nSPS) is 18.2. The molecule has 1 saturated carbocycles. The molecule has 1 fully saturated rings. The van der Waals surface area contributed by atoms with Crippen LogP contribution >= 0.6 is 0 Å². The number of hydrogen-bond donors (Lipinski definition) is 3. The van der Waals surface area contributed by atoms with Gasteiger partial charge in [0.1, 0.15) is 5.60 Å². The highest BCUT2D eigenvalue weighted by molar-refractivity contribution is 5.93. The van der Waals surface area contributed by atoms with Gasteiger partial charge < -0.3 is 34.3 Å². The maximum Gasteiger partial charge on any atom is 0.408 e. The molecule has 4 rings (SSSR count). The van der Waals surface area contributed by atoms with Crippen molar-refractivity contribution in [3.63, 3.8) is 0 Å². The highest BCUT2D eigenvalue weighted by Gasteiger charge is 2.41. The van der Waals surface area contributed by atoms with Gasteiger partial charge in [-0.15, -0.1) is 0 Å². The number of ether oxygens (including phenoxy) is 3. The van der Waals surface area contributed by atoms with E-state index in [-0.39, 0.29) is 36.8 Å². The number of aryl methyl sites for hydroxylation is 1. The number of carboxylic acids is 1. The Kier molecular flexibility index (Phi) is 10.1. The Hall–Kier alpha value is -3.47. The fraction of sp³-hybridized carbons (Fsp3) is 0.559. The lowest BCUT2D eigenvalue weighted by molar-refractivity contribution is -0.141. The van der Waals surface area contributed by atoms with E-state index in [9.17, 15) is 19.8 Å². The largest absolute Gasteiger partial charge is 0.480 e. The first-order valence-electron chi connectivity index (χ1n) is 15.3. The summed E-state index contributed by atoms with van der Waals surface area (Å²) in [7, 11) is 1.68. The quantitative estimate of drug-likeness (QED) is 0.220. The fourth-order valence-corrected chi connectivity index (χ4v) is 5.63. The molecule has 2 aromatic heterocycles. The molecular formula is C34H47N3O7. The number of methoxy groups -OCH3 is 1. The van der Waals surface area contributed by atoms with Gasteiger partial charge in [-0.05, 0) is 88.3 Å². The summed E-state index contributed by atoms with van der Waals surface area (Å²) >= 11 is 0. The Balaban J connectivity index is 1.66. The number of pyridine rings is 1. The minimum Gasteiger partial charge on any atom is -0.480 e. The molecule has 240 valence electrons. The minimum atomic E-state index is -1.22. The standard InChI is InChI=1S/C34H47N3O7/c1-9-37-27-13-12-21(23-16-28(23)43-18-26(31(39)40)36-32(41)44-33(3,4)5)15-24(27)25(17-34(6,7)19-38)30(37)22-11-10-14-35-29(22)20(2)42-8/h10-15,20,23,26,28,38H,9,16-19H2,1-8H3,(H,36,41)(H,39,40)/t20-,23-,26-,28+/m0/s1. The van der Waals surface area contributed by atoms with E-state index < -0.39 is 23.7 Å². The molecule has 0 unspecified atom stereocenters. The molecular weight excluding hydrogens is 562 g/mol. The van der Waals surface area contributed by atoms with Crippen molar-refractivity contribution in [2.24, 2.45) is 5.41 Å². The summed E-state index contributed by atoms with van der Waals surface area (Å²) in [5.41, 5.74) is 5.20. The van der Waals surface area contributed by atoms with Crippen LogP contribution < -0.4 is 5.32 Å². The Labute approximate surface area is 259 Å². The van der Waals surface area contributed by atoms with Crippen LogP contribution in [-0.4, -0.2) is 69.9 Å². The third-order valence-corrected chi connectivity index (χ3v) is 8.05. The number of benzene rings is 1. The van der Waals surface area contributed by atoms with Crippen LogP contribution in [-0.2, 0) is 32.0 Å². The second kappa shape index (κ2) is 13.3. The third-order valence-electron chi connectivity index (χ3n) is 8.05. The van der Waals surface area contributed by atoms with Gasteiger partial charge in [-0.2, -0.15) is 0 Å². The molecule has 0 spiro atoms. The second-order valence-corrected chi connectivity index (χ2v) is 13.4. The van der Waals surface area contributed by atoms with Crippen molar-refractivity contribution in [3.05, 3.63) is 53.3 Å². The van der Waals surface area contributed by atoms with Gasteiger partial charge >= 0.3 is 12.1 Å². The zero-order valence-electron chi connectivity index (χ0n) is 27.1. The molecule has 3 aromatic rings. The van der Waals surface area contributed by atoms with Crippen molar-refractivity contribution in [1.82, 2.24) is 14.9 Å². The topological polar surface area (TPSA) is 132 Å². The zero-order chi connectivity index (χ0) is 32.4. The number of aliphatic hydroxyl groups excluding tert-OH is 1. The molecule has 4 atom stereocenters. The molecule has 0 saturated heterocycles. The molecule has 10 heteroatoms. The number of nitrogens with one attached hydrogen (secondary N) is 1. The molecule has 1 aliphatic carbocycles. The van der Waals surface area contributed by atoms with Gasteiger partial charge in [0.05, 0.1) is 30.2 Å². The number of amides is 1. The van der Waals surface area contributed by atoms with Crippen molar-refractivity contribution in [1.29, 1.82) is 0 Å². The first-order chi connectivity index (χ1) is 20.7. The van der Waals surface area contributed by atoms with Gasteiger partial charge in [-0.25, -0.2) is 9.59 Å². The van der Waals surface area contributed by atoms with Crippen LogP contribution in [0.15, 0.2) is 36.5 Å². The predicted octanol–water partition coefficient (Wildman–Crippen LogP) is 5.84. The third kappa shape index (κ3) is 7.60. The maximum atomic E-state index is 12.1. The van der Waals surface area contributed by atoms with E-state index in [1.165, 1.54) is 0 Å². The SMILES string of the molecule is CCn1c(-c2cccnc2[C@H](C)OC)c(CC(C)(C)CO)c2cc([C@@H]3C[C@H]3OC[C@H](NC(=O)OC(C)(C)C)C(=O)O)ccc21. The Bertz CT molecular complexity index is 1490. The van der Waals surface area contributed by atoms with Gasteiger partial charge in [-0.3, -0.25) is 4.98 Å². The highest BCUT2D eigenvalue weighted by atomic mass is 16.6. The summed E-state index contributed by atoms with van der Waals surface area (Å²) < 4.78 is 19.2. The number of carboxylic acid groups (broad SMARTS) is 1. The summed E-state index contributed by atoms with van der Waals surface area (Å²) in [6.45, 7) is 14.0. The van der Waals surface area contributed by atoms with Crippen LogP contribution in [0, 0.1) is 5.41 Å². The number of alkyl carbamates (subject to hydrolysis) is 1. The number of aliphatic carboxylic acids is 1. The number of hydrogen-bond acceptors (Lipinski definition) is 7. The van der Waals surface area contributed by atoms with Crippen molar-refractivity contribution in [3.8, 4) is 11.3 Å². The van der Waals surface area contributed by atoms with Crippen molar-refractivity contribution in [2.75, 3.05) is 20.3 Å². The number of fused-ring (bicyclic) bond motifs is 1. The Morgan fingerprint density at radius 2 is 1.91 bits per heavy atom. The van der Waals surface area contributed by atoms with E-state index in [0.29, 0.717) is 6.42 Å². The van der Waals surface area contributed by atoms with Crippen LogP contribution in [0.1, 0.15) is 83.7 Å². The smallest absolute Gasteiger partial charge is 0.408 e. The predicted molar refractivity (Wildman–Crippen MR) is 169 cm³/mol. The van der Waals surface area contributed by atoms with Crippen LogP contribution in [0.25, 0.3) is 22.2 Å². The van der Waals surface area contributed by atoms with Gasteiger partial charge in [0.2, 0.25) is 0 Å². The number of aromatic nitrogens is 2. The lowest BCUT2D eigenvalue weighted by Crippen LogP contribution is -2.46. The summed E-state index contributed by atoms with van der Waals surface area (Å²) in [5.74, 6) is -1.08. The molecule has 3 N–H and O–H groups in total. The van der Waals surface area contributed by atoms with Crippen LogP contribution in [0.2, 0.25) is 0 Å². The minimum absolute atomic E-state index is 0.0416. The van der Waals surface area contributed by atoms with Gasteiger partial charge in [0.25, 0.3) is 0 Å². The number of rotatable bonds is 13. The first kappa shape index (κ1) is 33.4. The maximum absolute atomic E-state index is 12.1. The second-order valence-electron chi connectivity index (χ2n) is 13.4. The molecule has 0 bridgehead atoms. The van der Waals surface area contributed by atoms with E-state index in [1.807, 2.05) is 13.0 Å². The Morgan fingerprint density at radius 1 is 1.18 bits per heavy atom. The summed E-state index contributed by atoms with van der Waals surface area (Å²) in [6, 6.07) is 9.28. The fourth-order valence-electron chi connectivity index (χ4n) is 5.63. The van der Waals surface area contributed by atoms with Crippen LogP contribution in [0.5, 0.6) is 0 Å². The Morgan fingerprint density at radius 3 is 2.52 bits per heavy atom. The number of aliphatic hydroxyl groups is 1. The summed E-state index contributed by atoms with van der Waals surface area (Å²) in [4.78, 5) is 28.6. The number of carbonyl (C=O) groups is 2. The highest BCUT2D eigenvalue weighted by Crippen LogP contribution is 2.46. The van der Waals surface area contributed by atoms with E-state index in [0.717, 1.165) is 51.9 Å². The van der Waals surface area contributed by atoms with Gasteiger partial charge in [0.15, 0.2) is 6.04 Å². The molecule has 1 aliphatic rings. The van der Waals surface area contributed by atoms with Gasteiger partial charge in [-0.1, -0.05) is 19.9 Å². The summed E-state index contributed by atoms with van der Waals surface area (Å²) in [5, 5.41) is 23.4. The molecule has 44 heavy (non-hydrogen) atoms. The molecule has 0 radical (unpaired) electrons. The molecule has 0 aliphatic heterocycles. The van der Waals surface area contributed by atoms with Crippen molar-refractivity contribution < 1.29 is 34.0 Å². The number of carbonyl (C=O) groups excluding carboxylic acids is 1. The number of nitrogens with zero attached hydrogens (tertiary/aromatic N) is 2. The van der Waals surface area contributed by atoms with E-state index in [4.69, 9.17) is 19.2 Å². The average Bonchev–Trinajstić information content (AvgIpc) is 3.68. The van der Waals surface area contributed by atoms with E-state index in [1.54, 1.807) is 34.1 Å². The van der Waals surface area contributed by atoms with Crippen molar-refractivity contribution >= 4 is 23.0 Å². The molecule has 1 aromatic carbocycles. The van der Waals surface area contributed by atoms with E-state index in [2.05, 4.69) is 54.9 Å². The lowest BCUT2D eigenvalue weighted by Gasteiger charge is -2.23. The van der Waals surface area contributed by atoms with Crippen LogP contribution in [0.4, 0.5) is 4.79 Å². The molecule has 1 amide bonds. The molecule has 10 nitrogen and oxygen atoms in total. The average molecular weight is 610 g/mol. The first-order valence-corrected chi connectivity index (χ1v) is 15.3. The lowest BCUT2D eigenvalue weighted by atomic mass is 9.84. The monoisotopic (exact) mass is 609 g/mol.